The van der Waals surface area contributed by atoms with Gasteiger partial charge in [0.25, 0.3) is 0 Å². The first-order valence-electron chi connectivity index (χ1n) is 8.83. The van der Waals surface area contributed by atoms with Gasteiger partial charge in [0.1, 0.15) is 5.84 Å². The van der Waals surface area contributed by atoms with Crippen LogP contribution in [-0.4, -0.2) is 38.6 Å². The average Bonchev–Trinajstić information content (AvgIpc) is 2.61. The molecule has 1 N–H and O–H groups in total. The number of nitrogens with zero attached hydrogens (tertiary/aromatic N) is 3. The number of hydrogen-bond donors (Lipinski definition) is 1. The normalized spacial score (nSPS) is 17.6. The summed E-state index contributed by atoms with van der Waals surface area (Å²) in [6, 6.07) is 4.88. The van der Waals surface area contributed by atoms with E-state index in [2.05, 4.69) is 87.7 Å². The predicted molar refractivity (Wildman–Crippen MR) is 124 cm³/mol. The Balaban J connectivity index is 2.32. The van der Waals surface area contributed by atoms with E-state index >= 15 is 0 Å². The summed E-state index contributed by atoms with van der Waals surface area (Å²) < 4.78 is 0. The molecule has 1 heterocycles. The first-order valence-corrected chi connectivity index (χ1v) is 12.0. The molecule has 1 aromatic carbocycles. The number of aliphatic imine (C=N–C) groups is 2. The fourth-order valence-electron chi connectivity index (χ4n) is 3.13. The molecule has 1 aliphatic heterocycles. The summed E-state index contributed by atoms with van der Waals surface area (Å²) in [6.45, 7) is 8.71. The Kier molecular flexibility index (Phi) is 8.05. The van der Waals surface area contributed by atoms with Gasteiger partial charge in [-0.05, 0) is 43.8 Å². The number of likely N-dealkylation sites (N-methyl/N-ethyl adjacent to an activating group) is 1. The van der Waals surface area contributed by atoms with Gasteiger partial charge in [-0.3, -0.25) is 0 Å². The van der Waals surface area contributed by atoms with Crippen molar-refractivity contribution in [2.75, 3.05) is 30.6 Å². The minimum absolute atomic E-state index is 0.263. The Morgan fingerprint density at radius 1 is 1.38 bits per heavy atom. The molecule has 4 nitrogen and oxygen atoms in total. The number of fused-ring (bicyclic) bond motifs is 1. The van der Waals surface area contributed by atoms with Gasteiger partial charge >= 0.3 is 0 Å². The van der Waals surface area contributed by atoms with Crippen molar-refractivity contribution in [3.63, 3.8) is 0 Å². The van der Waals surface area contributed by atoms with E-state index in [1.807, 2.05) is 6.92 Å². The topological polar surface area (TPSA) is 40.0 Å². The molecule has 0 spiro atoms. The zero-order chi connectivity index (χ0) is 19.1. The molecule has 0 saturated heterocycles. The Labute approximate surface area is 167 Å². The van der Waals surface area contributed by atoms with Crippen LogP contribution >= 0.6 is 23.9 Å². The summed E-state index contributed by atoms with van der Waals surface area (Å²) in [6.07, 6.45) is 10.4. The van der Waals surface area contributed by atoms with Crippen molar-refractivity contribution in [1.82, 2.24) is 0 Å². The maximum Gasteiger partial charge on any atom is 0.126 e. The van der Waals surface area contributed by atoms with E-state index < -0.39 is 0 Å². The monoisotopic (exact) mass is 434 g/mol. The molecule has 0 aliphatic carbocycles. The van der Waals surface area contributed by atoms with Crippen molar-refractivity contribution in [1.29, 1.82) is 0 Å². The maximum atomic E-state index is 4.34. The van der Waals surface area contributed by atoms with Crippen LogP contribution in [0.25, 0.3) is 6.08 Å². The lowest BCUT2D eigenvalue weighted by Crippen LogP contribution is -2.34. The molecular weight excluding hydrogens is 407 g/mol. The summed E-state index contributed by atoms with van der Waals surface area (Å²) in [5, 5.41) is 4.74. The van der Waals surface area contributed by atoms with Crippen LogP contribution in [0.3, 0.4) is 0 Å². The van der Waals surface area contributed by atoms with Crippen LogP contribution in [0.4, 0.5) is 11.4 Å². The number of nitrogens with one attached hydrogen (secondary N) is 1. The molecule has 1 aliphatic rings. The number of hydrogen-bond acceptors (Lipinski definition) is 2. The fraction of sp³-hybridized carbons (Fsp3) is 0.400. The quantitative estimate of drug-likeness (QED) is 0.369. The molecule has 0 saturated carbocycles. The van der Waals surface area contributed by atoms with E-state index in [4.69, 9.17) is 0 Å². The predicted octanol–water partition coefficient (Wildman–Crippen LogP) is 5.41. The van der Waals surface area contributed by atoms with Crippen molar-refractivity contribution >= 4 is 58.8 Å². The van der Waals surface area contributed by atoms with Crippen molar-refractivity contribution in [3.05, 3.63) is 35.0 Å². The van der Waals surface area contributed by atoms with Gasteiger partial charge in [-0.25, -0.2) is 9.98 Å². The molecule has 1 aromatic rings. The second kappa shape index (κ2) is 10.0. The molecule has 1 unspecified atom stereocenters. The van der Waals surface area contributed by atoms with Gasteiger partial charge in [-0.2, -0.15) is 0 Å². The first kappa shape index (κ1) is 20.9. The van der Waals surface area contributed by atoms with Gasteiger partial charge in [0.15, 0.2) is 0 Å². The van der Waals surface area contributed by atoms with E-state index in [1.165, 1.54) is 29.4 Å². The van der Waals surface area contributed by atoms with E-state index in [0.29, 0.717) is 11.9 Å². The maximum absolute atomic E-state index is 4.34. The van der Waals surface area contributed by atoms with Crippen LogP contribution in [0.15, 0.2) is 39.4 Å². The molecular formula is C20H28BrN4P. The molecule has 2 rings (SSSR count). The highest BCUT2D eigenvalue weighted by Crippen LogP contribution is 2.38. The number of rotatable bonds is 6. The molecule has 0 bridgehead atoms. The minimum Gasteiger partial charge on any atom is -0.368 e. The molecule has 26 heavy (non-hydrogen) atoms. The van der Waals surface area contributed by atoms with Crippen molar-refractivity contribution in [2.45, 2.75) is 32.7 Å². The number of benzene rings is 1. The average molecular weight is 435 g/mol. The van der Waals surface area contributed by atoms with Gasteiger partial charge in [0.2, 0.25) is 0 Å². The standard InChI is InChI=1S/C20H28BrN4P/c1-6-7-16-8-9-17-19(25(16)3)11-10-18(20(17)26(4)5)24-14-23-15(2)22-13-12-21/h8-14,16H,6-7H2,1-5H3,(H,22,23,24)/b13-12+. The van der Waals surface area contributed by atoms with E-state index in [0.717, 1.165) is 5.69 Å². The Morgan fingerprint density at radius 3 is 2.81 bits per heavy atom. The highest BCUT2D eigenvalue weighted by atomic mass is 79.9. The minimum atomic E-state index is -0.263. The van der Waals surface area contributed by atoms with Crippen molar-refractivity contribution < 1.29 is 0 Å². The summed E-state index contributed by atoms with van der Waals surface area (Å²) in [5.74, 6) is 0.699. The largest absolute Gasteiger partial charge is 0.368 e. The lowest BCUT2D eigenvalue weighted by Gasteiger charge is -2.34. The van der Waals surface area contributed by atoms with Crippen molar-refractivity contribution in [3.8, 4) is 0 Å². The van der Waals surface area contributed by atoms with Crippen LogP contribution in [0, 0.1) is 0 Å². The smallest absolute Gasteiger partial charge is 0.126 e. The lowest BCUT2D eigenvalue weighted by atomic mass is 10.00. The van der Waals surface area contributed by atoms with Crippen LogP contribution in [0.1, 0.15) is 32.3 Å². The Bertz CT molecular complexity index is 738. The van der Waals surface area contributed by atoms with Crippen molar-refractivity contribution in [2.24, 2.45) is 9.98 Å². The van der Waals surface area contributed by atoms with E-state index in [-0.39, 0.29) is 7.92 Å². The zero-order valence-corrected chi connectivity index (χ0v) is 18.7. The number of anilines is 2. The second-order valence-corrected chi connectivity index (χ2v) is 9.23. The lowest BCUT2D eigenvalue weighted by molar-refractivity contribution is 0.662. The first-order chi connectivity index (χ1) is 12.5. The third-order valence-electron chi connectivity index (χ3n) is 4.38. The van der Waals surface area contributed by atoms with E-state index in [1.54, 1.807) is 17.5 Å². The second-order valence-electron chi connectivity index (χ2n) is 6.47. The van der Waals surface area contributed by atoms with E-state index in [9.17, 15) is 0 Å². The molecule has 0 fully saturated rings. The highest BCUT2D eigenvalue weighted by Gasteiger charge is 2.23. The van der Waals surface area contributed by atoms with Gasteiger partial charge in [-0.15, -0.1) is 0 Å². The Morgan fingerprint density at radius 2 is 2.15 bits per heavy atom. The van der Waals surface area contributed by atoms with Crippen LogP contribution in [0.5, 0.6) is 0 Å². The molecule has 1 atom stereocenters. The molecule has 0 aromatic heterocycles. The summed E-state index contributed by atoms with van der Waals surface area (Å²) in [5.41, 5.74) is 3.78. The fourth-order valence-corrected chi connectivity index (χ4v) is 4.54. The van der Waals surface area contributed by atoms with Crippen LogP contribution in [-0.2, 0) is 0 Å². The summed E-state index contributed by atoms with van der Waals surface area (Å²) >= 11 is 3.20. The number of halogens is 1. The van der Waals surface area contributed by atoms with Crippen LogP contribution in [0.2, 0.25) is 0 Å². The zero-order valence-electron chi connectivity index (χ0n) is 16.2. The molecule has 6 heteroatoms. The third kappa shape index (κ3) is 5.05. The third-order valence-corrected chi connectivity index (χ3v) is 5.99. The summed E-state index contributed by atoms with van der Waals surface area (Å²) in [4.78, 5) is 12.6. The molecule has 0 amide bonds. The van der Waals surface area contributed by atoms with Gasteiger partial charge in [0.05, 0.1) is 6.34 Å². The van der Waals surface area contributed by atoms with Gasteiger partial charge < -0.3 is 10.2 Å². The van der Waals surface area contributed by atoms with Crippen LogP contribution < -0.4 is 15.5 Å². The highest BCUT2D eigenvalue weighted by molar-refractivity contribution is 9.11. The number of amidine groups is 1. The van der Waals surface area contributed by atoms with Gasteiger partial charge in [-0.1, -0.05) is 49.3 Å². The SMILES string of the molecule is CCCC1C=Cc2c(ccc(N/C=N/C(C)=N\C=C\Br)c2P(C)C)N1C. The Hall–Kier alpha value is -1.45. The molecule has 0 radical (unpaired) electrons. The molecule has 140 valence electrons. The van der Waals surface area contributed by atoms with Gasteiger partial charge in [0, 0.05) is 41.5 Å². The summed E-state index contributed by atoms with van der Waals surface area (Å²) in [7, 11) is 1.94.